The number of alkyl halides is 3. The molecular weight excluding hydrogens is 493 g/mol. The van der Waals surface area contributed by atoms with Gasteiger partial charge < -0.3 is 14.8 Å². The van der Waals surface area contributed by atoms with Crippen molar-refractivity contribution in [3.8, 4) is 16.9 Å². The van der Waals surface area contributed by atoms with Crippen molar-refractivity contribution in [3.63, 3.8) is 0 Å². The van der Waals surface area contributed by atoms with Crippen LogP contribution in [0.3, 0.4) is 0 Å². The number of ether oxygens (including phenoxy) is 2. The van der Waals surface area contributed by atoms with E-state index in [0.29, 0.717) is 17.9 Å². The molecule has 8 heteroatoms. The molecule has 0 spiro atoms. The fourth-order valence-electron chi connectivity index (χ4n) is 4.62. The molecule has 0 aromatic heterocycles. The molecule has 1 fully saturated rings. The normalized spacial score (nSPS) is 14.4. The third-order valence-corrected chi connectivity index (χ3v) is 6.57. The van der Waals surface area contributed by atoms with Gasteiger partial charge in [-0.3, -0.25) is 9.69 Å². The summed E-state index contributed by atoms with van der Waals surface area (Å²) < 4.78 is 52.1. The van der Waals surface area contributed by atoms with Gasteiger partial charge in [-0.2, -0.15) is 13.2 Å². The van der Waals surface area contributed by atoms with Gasteiger partial charge in [0, 0.05) is 41.7 Å². The van der Waals surface area contributed by atoms with Gasteiger partial charge in [-0.15, -0.1) is 0 Å². The molecule has 4 aromatic rings. The SMILES string of the molecule is O=C(Nc1ccc(OCCN2CCOCC2)c2ccccc12)c1cccc(-c2ccccc2C(F)(F)F)c1. The Morgan fingerprint density at radius 2 is 1.63 bits per heavy atom. The van der Waals surface area contributed by atoms with Crippen molar-refractivity contribution in [3.05, 3.63) is 96.1 Å². The van der Waals surface area contributed by atoms with Gasteiger partial charge in [-0.25, -0.2) is 0 Å². The highest BCUT2D eigenvalue weighted by Gasteiger charge is 2.33. The smallest absolute Gasteiger partial charge is 0.417 e. The Balaban J connectivity index is 1.35. The maximum absolute atomic E-state index is 13.5. The zero-order valence-corrected chi connectivity index (χ0v) is 20.6. The molecule has 38 heavy (non-hydrogen) atoms. The highest BCUT2D eigenvalue weighted by molar-refractivity contribution is 6.10. The van der Waals surface area contributed by atoms with E-state index < -0.39 is 17.6 Å². The molecule has 5 nitrogen and oxygen atoms in total. The first kappa shape index (κ1) is 25.8. The summed E-state index contributed by atoms with van der Waals surface area (Å²) in [4.78, 5) is 15.5. The van der Waals surface area contributed by atoms with Gasteiger partial charge in [0.2, 0.25) is 0 Å². The number of benzene rings is 4. The van der Waals surface area contributed by atoms with E-state index in [1.807, 2.05) is 30.3 Å². The fraction of sp³-hybridized carbons (Fsp3) is 0.233. The summed E-state index contributed by atoms with van der Waals surface area (Å²) in [6.07, 6.45) is -4.50. The first-order valence-electron chi connectivity index (χ1n) is 12.4. The average Bonchev–Trinajstić information content (AvgIpc) is 2.94. The second-order valence-electron chi connectivity index (χ2n) is 9.04. The Kier molecular flexibility index (Phi) is 7.62. The summed E-state index contributed by atoms with van der Waals surface area (Å²) in [7, 11) is 0. The van der Waals surface area contributed by atoms with Crippen LogP contribution in [0.4, 0.5) is 18.9 Å². The van der Waals surface area contributed by atoms with Crippen LogP contribution >= 0.6 is 0 Å². The number of carbonyl (C=O) groups is 1. The second kappa shape index (κ2) is 11.2. The standard InChI is InChI=1S/C30H27F3N2O3/c31-30(32,33)26-11-4-3-8-23(26)21-6-5-7-22(20-21)29(36)34-27-12-13-28(25-10-2-1-9-24(25)27)38-19-16-35-14-17-37-18-15-35/h1-13,20H,14-19H2,(H,34,36). The topological polar surface area (TPSA) is 50.8 Å². The van der Waals surface area contributed by atoms with Crippen molar-refractivity contribution in [2.75, 3.05) is 44.8 Å². The molecule has 1 saturated heterocycles. The lowest BCUT2D eigenvalue weighted by molar-refractivity contribution is -0.137. The van der Waals surface area contributed by atoms with Crippen molar-refractivity contribution in [2.24, 2.45) is 0 Å². The number of carbonyl (C=O) groups excluding carboxylic acids is 1. The largest absolute Gasteiger partial charge is 0.492 e. The van der Waals surface area contributed by atoms with Crippen molar-refractivity contribution < 1.29 is 27.4 Å². The lowest BCUT2D eigenvalue weighted by Gasteiger charge is -2.26. The monoisotopic (exact) mass is 520 g/mol. The molecule has 0 radical (unpaired) electrons. The summed E-state index contributed by atoms with van der Waals surface area (Å²) in [5, 5.41) is 4.59. The van der Waals surface area contributed by atoms with Crippen LogP contribution in [-0.2, 0) is 10.9 Å². The number of halogens is 3. The molecule has 0 saturated carbocycles. The fourth-order valence-corrected chi connectivity index (χ4v) is 4.62. The Hall–Kier alpha value is -3.88. The van der Waals surface area contributed by atoms with Gasteiger partial charge in [-0.05, 0) is 41.5 Å². The minimum Gasteiger partial charge on any atom is -0.492 e. The van der Waals surface area contributed by atoms with Crippen LogP contribution in [0.15, 0.2) is 84.9 Å². The summed E-state index contributed by atoms with van der Waals surface area (Å²) in [6, 6.07) is 22.8. The van der Waals surface area contributed by atoms with E-state index in [1.165, 1.54) is 18.2 Å². The van der Waals surface area contributed by atoms with Crippen LogP contribution in [0.5, 0.6) is 5.75 Å². The number of hydrogen-bond donors (Lipinski definition) is 1. The molecule has 1 amide bonds. The van der Waals surface area contributed by atoms with E-state index in [-0.39, 0.29) is 11.1 Å². The Labute approximate surface area is 218 Å². The maximum Gasteiger partial charge on any atom is 0.417 e. The van der Waals surface area contributed by atoms with Gasteiger partial charge in [0.1, 0.15) is 12.4 Å². The summed E-state index contributed by atoms with van der Waals surface area (Å²) in [6.45, 7) is 4.56. The predicted octanol–water partition coefficient (Wildman–Crippen LogP) is 6.49. The van der Waals surface area contributed by atoms with Crippen molar-refractivity contribution in [1.29, 1.82) is 0 Å². The minimum atomic E-state index is -4.50. The highest BCUT2D eigenvalue weighted by Crippen LogP contribution is 2.37. The maximum atomic E-state index is 13.5. The highest BCUT2D eigenvalue weighted by atomic mass is 19.4. The van der Waals surface area contributed by atoms with Crippen molar-refractivity contribution >= 4 is 22.4 Å². The molecule has 0 atom stereocenters. The molecule has 0 bridgehead atoms. The second-order valence-corrected chi connectivity index (χ2v) is 9.04. The van der Waals surface area contributed by atoms with Crippen molar-refractivity contribution in [2.45, 2.75) is 6.18 Å². The Bertz CT molecular complexity index is 1430. The third kappa shape index (κ3) is 5.82. The number of anilines is 1. The van der Waals surface area contributed by atoms with Gasteiger partial charge in [0.25, 0.3) is 5.91 Å². The average molecular weight is 521 g/mol. The molecule has 1 aliphatic rings. The van der Waals surface area contributed by atoms with E-state index in [9.17, 15) is 18.0 Å². The number of amides is 1. The lowest BCUT2D eigenvalue weighted by atomic mass is 9.97. The van der Waals surface area contributed by atoms with Gasteiger partial charge >= 0.3 is 6.18 Å². The Morgan fingerprint density at radius 1 is 0.895 bits per heavy atom. The predicted molar refractivity (Wildman–Crippen MR) is 142 cm³/mol. The van der Waals surface area contributed by atoms with Gasteiger partial charge in [0.05, 0.1) is 18.8 Å². The van der Waals surface area contributed by atoms with Crippen LogP contribution in [0.25, 0.3) is 21.9 Å². The number of hydrogen-bond acceptors (Lipinski definition) is 4. The van der Waals surface area contributed by atoms with Crippen LogP contribution in [0, 0.1) is 0 Å². The molecule has 0 aliphatic carbocycles. The summed E-state index contributed by atoms with van der Waals surface area (Å²) >= 11 is 0. The van der Waals surface area contributed by atoms with Crippen LogP contribution in [-0.4, -0.2) is 50.3 Å². The first-order chi connectivity index (χ1) is 18.4. The Morgan fingerprint density at radius 3 is 2.42 bits per heavy atom. The number of nitrogens with one attached hydrogen (secondary N) is 1. The summed E-state index contributed by atoms with van der Waals surface area (Å²) in [5.41, 5.74) is 0.451. The van der Waals surface area contributed by atoms with Gasteiger partial charge in [-0.1, -0.05) is 54.6 Å². The van der Waals surface area contributed by atoms with Crippen molar-refractivity contribution in [1.82, 2.24) is 4.90 Å². The zero-order chi connectivity index (χ0) is 26.5. The zero-order valence-electron chi connectivity index (χ0n) is 20.6. The third-order valence-electron chi connectivity index (χ3n) is 6.57. The number of rotatable bonds is 7. The quantitative estimate of drug-likeness (QED) is 0.303. The van der Waals surface area contributed by atoms with Crippen LogP contribution in [0.1, 0.15) is 15.9 Å². The van der Waals surface area contributed by atoms with E-state index in [0.717, 1.165) is 55.4 Å². The number of nitrogens with zero attached hydrogens (tertiary/aromatic N) is 1. The molecule has 196 valence electrons. The molecule has 4 aromatic carbocycles. The molecule has 0 unspecified atom stereocenters. The lowest BCUT2D eigenvalue weighted by Crippen LogP contribution is -2.38. The van der Waals surface area contributed by atoms with E-state index in [4.69, 9.17) is 9.47 Å². The summed E-state index contributed by atoms with van der Waals surface area (Å²) in [5.74, 6) is 0.306. The molecule has 1 heterocycles. The van der Waals surface area contributed by atoms with Crippen LogP contribution in [0.2, 0.25) is 0 Å². The number of fused-ring (bicyclic) bond motifs is 1. The minimum absolute atomic E-state index is 0.0266. The molecule has 1 N–H and O–H groups in total. The van der Waals surface area contributed by atoms with E-state index in [1.54, 1.807) is 30.3 Å². The molecular formula is C30H27F3N2O3. The first-order valence-corrected chi connectivity index (χ1v) is 12.4. The van der Waals surface area contributed by atoms with Gasteiger partial charge in [0.15, 0.2) is 0 Å². The molecule has 1 aliphatic heterocycles. The van der Waals surface area contributed by atoms with E-state index >= 15 is 0 Å². The van der Waals surface area contributed by atoms with E-state index in [2.05, 4.69) is 10.2 Å². The van der Waals surface area contributed by atoms with Crippen LogP contribution < -0.4 is 10.1 Å². The number of morpholine rings is 1. The molecule has 5 rings (SSSR count).